The Hall–Kier alpha value is 0.310. The van der Waals surface area contributed by atoms with Crippen LogP contribution in [0.4, 0.5) is 0 Å². The molecule has 1 radical (unpaired) electrons. The Balaban J connectivity index is 2.72. The van der Waals surface area contributed by atoms with Crippen molar-refractivity contribution in [2.24, 2.45) is 5.92 Å². The van der Waals surface area contributed by atoms with Crippen molar-refractivity contribution in [1.29, 1.82) is 0 Å². The van der Waals surface area contributed by atoms with Gasteiger partial charge in [0.2, 0.25) is 0 Å². The van der Waals surface area contributed by atoms with E-state index in [1.54, 1.807) is 0 Å². The van der Waals surface area contributed by atoms with E-state index in [-0.39, 0.29) is 5.94 Å². The summed E-state index contributed by atoms with van der Waals surface area (Å²) in [5.41, 5.74) is 0. The van der Waals surface area contributed by atoms with E-state index in [2.05, 4.69) is 13.8 Å². The lowest BCUT2D eigenvalue weighted by molar-refractivity contribution is 0.260. The van der Waals surface area contributed by atoms with E-state index in [1.807, 2.05) is 0 Å². The van der Waals surface area contributed by atoms with Crippen LogP contribution in [-0.2, 0) is 5.11 Å². The third-order valence-corrected chi connectivity index (χ3v) is 1.61. The van der Waals surface area contributed by atoms with Gasteiger partial charge in [-0.05, 0) is 18.1 Å². The predicted octanol–water partition coefficient (Wildman–Crippen LogP) is 2.15. The molecule has 0 aliphatic rings. The molecule has 0 saturated carbocycles. The molecule has 0 amide bonds. The Morgan fingerprint density at radius 1 is 1.50 bits per heavy atom. The molecule has 0 unspecified atom stereocenters. The smallest absolute Gasteiger partial charge is 0.128 e. The minimum atomic E-state index is 0.0206. The molecule has 0 fully saturated rings. The highest BCUT2D eigenvalue weighted by Gasteiger charge is 1.91. The Morgan fingerprint density at radius 2 is 2.12 bits per heavy atom. The molecule has 8 heavy (non-hydrogen) atoms. The van der Waals surface area contributed by atoms with Gasteiger partial charge in [0.15, 0.2) is 0 Å². The first kappa shape index (κ1) is 8.31. The monoisotopic (exact) mass is 133 g/mol. The molecular weight excluding hydrogens is 120 g/mol. The third kappa shape index (κ3) is 6.31. The first-order chi connectivity index (χ1) is 3.77. The maximum Gasteiger partial charge on any atom is 0.128 e. The van der Waals surface area contributed by atoms with Gasteiger partial charge in [-0.1, -0.05) is 13.8 Å². The fourth-order valence-corrected chi connectivity index (χ4v) is 1.13. The van der Waals surface area contributed by atoms with Crippen LogP contribution in [0.2, 0.25) is 0 Å². The van der Waals surface area contributed by atoms with Gasteiger partial charge in [-0.25, -0.2) is 5.11 Å². The van der Waals surface area contributed by atoms with E-state index < -0.39 is 0 Å². The first-order valence-electron chi connectivity index (χ1n) is 2.93. The van der Waals surface area contributed by atoms with Crippen LogP contribution in [0.25, 0.3) is 0 Å². The molecule has 0 aliphatic heterocycles. The lowest BCUT2D eigenvalue weighted by Gasteiger charge is -1.99. The summed E-state index contributed by atoms with van der Waals surface area (Å²) in [5, 5.41) is 9.87. The molecule has 0 spiro atoms. The molecule has 0 N–H and O–H groups in total. The van der Waals surface area contributed by atoms with Crippen molar-refractivity contribution in [1.82, 2.24) is 0 Å². The van der Waals surface area contributed by atoms with Crippen molar-refractivity contribution >= 4 is 11.8 Å². The molecular formula is C6H13OS. The van der Waals surface area contributed by atoms with Crippen molar-refractivity contribution in [2.45, 2.75) is 20.3 Å². The summed E-state index contributed by atoms with van der Waals surface area (Å²) in [5.74, 6) is 1.79. The normalized spacial score (nSPS) is 10.5. The highest BCUT2D eigenvalue weighted by atomic mass is 32.2. The van der Waals surface area contributed by atoms with Crippen molar-refractivity contribution in [2.75, 3.05) is 11.7 Å². The van der Waals surface area contributed by atoms with E-state index in [9.17, 15) is 5.11 Å². The fraction of sp³-hybridized carbons (Fsp3) is 1.00. The molecule has 0 bridgehead atoms. The van der Waals surface area contributed by atoms with Crippen molar-refractivity contribution in [3.8, 4) is 0 Å². The van der Waals surface area contributed by atoms with Crippen LogP contribution < -0.4 is 0 Å². The van der Waals surface area contributed by atoms with Gasteiger partial charge in [-0.15, -0.1) is 11.8 Å². The molecule has 0 heterocycles. The van der Waals surface area contributed by atoms with Crippen LogP contribution in [0, 0.1) is 5.92 Å². The van der Waals surface area contributed by atoms with E-state index >= 15 is 0 Å². The predicted molar refractivity (Wildman–Crippen MR) is 37.5 cm³/mol. The Kier molecular flexibility index (Phi) is 5.66. The summed E-state index contributed by atoms with van der Waals surface area (Å²) in [6, 6.07) is 0. The fourth-order valence-electron chi connectivity index (χ4n) is 0.378. The first-order valence-corrected chi connectivity index (χ1v) is 4.08. The van der Waals surface area contributed by atoms with E-state index in [0.29, 0.717) is 0 Å². The van der Waals surface area contributed by atoms with Crippen molar-refractivity contribution in [3.05, 3.63) is 0 Å². The van der Waals surface area contributed by atoms with Gasteiger partial charge in [0.25, 0.3) is 0 Å². The van der Waals surface area contributed by atoms with Crippen molar-refractivity contribution in [3.63, 3.8) is 0 Å². The third-order valence-electron chi connectivity index (χ3n) is 0.923. The van der Waals surface area contributed by atoms with Crippen LogP contribution >= 0.6 is 11.8 Å². The molecule has 2 heteroatoms. The van der Waals surface area contributed by atoms with E-state index in [1.165, 1.54) is 18.2 Å². The molecule has 49 valence electrons. The lowest BCUT2D eigenvalue weighted by atomic mass is 10.2. The Bertz CT molecular complexity index is 45.8. The van der Waals surface area contributed by atoms with E-state index in [0.717, 1.165) is 11.7 Å². The SMILES string of the molecule is CC(C)CCSC[O]. The second-order valence-corrected chi connectivity index (χ2v) is 3.26. The average Bonchev–Trinajstić information content (AvgIpc) is 1.66. The summed E-state index contributed by atoms with van der Waals surface area (Å²) >= 11 is 1.48. The summed E-state index contributed by atoms with van der Waals surface area (Å²) < 4.78 is 0. The van der Waals surface area contributed by atoms with Gasteiger partial charge < -0.3 is 0 Å². The summed E-state index contributed by atoms with van der Waals surface area (Å²) in [6.07, 6.45) is 1.17. The van der Waals surface area contributed by atoms with Gasteiger partial charge in [-0.2, -0.15) is 0 Å². The van der Waals surface area contributed by atoms with Crippen molar-refractivity contribution < 1.29 is 5.11 Å². The number of rotatable bonds is 4. The van der Waals surface area contributed by atoms with Gasteiger partial charge in [0, 0.05) is 0 Å². The summed E-state index contributed by atoms with van der Waals surface area (Å²) in [7, 11) is 0. The topological polar surface area (TPSA) is 19.9 Å². The van der Waals surface area contributed by atoms with Gasteiger partial charge in [0.1, 0.15) is 5.94 Å². The minimum Gasteiger partial charge on any atom is -0.225 e. The maximum absolute atomic E-state index is 9.87. The van der Waals surface area contributed by atoms with E-state index in [4.69, 9.17) is 0 Å². The molecule has 0 saturated heterocycles. The van der Waals surface area contributed by atoms with Gasteiger partial charge in [0.05, 0.1) is 0 Å². The number of hydrogen-bond acceptors (Lipinski definition) is 1. The zero-order valence-electron chi connectivity index (χ0n) is 5.52. The Labute approximate surface area is 55.5 Å². The molecule has 0 atom stereocenters. The number of thioether (sulfide) groups is 1. The summed E-state index contributed by atoms with van der Waals surface area (Å²) in [4.78, 5) is 0. The number of hydrogen-bond donors (Lipinski definition) is 0. The summed E-state index contributed by atoms with van der Waals surface area (Å²) in [6.45, 7) is 4.34. The second kappa shape index (κ2) is 5.45. The van der Waals surface area contributed by atoms with Crippen LogP contribution in [0.5, 0.6) is 0 Å². The molecule has 0 aromatic rings. The minimum absolute atomic E-state index is 0.0206. The molecule has 0 aromatic carbocycles. The van der Waals surface area contributed by atoms with Crippen LogP contribution in [0.15, 0.2) is 0 Å². The molecule has 0 aliphatic carbocycles. The molecule has 1 nitrogen and oxygen atoms in total. The highest BCUT2D eigenvalue weighted by molar-refractivity contribution is 7.99. The maximum atomic E-state index is 9.87. The van der Waals surface area contributed by atoms with Crippen LogP contribution in [0.1, 0.15) is 20.3 Å². The highest BCUT2D eigenvalue weighted by Crippen LogP contribution is 2.06. The average molecular weight is 133 g/mol. The van der Waals surface area contributed by atoms with Crippen LogP contribution in [-0.4, -0.2) is 11.7 Å². The zero-order chi connectivity index (χ0) is 6.41. The molecule has 0 aromatic heterocycles. The Morgan fingerprint density at radius 3 is 2.50 bits per heavy atom. The second-order valence-electron chi connectivity index (χ2n) is 2.21. The molecule has 0 rings (SSSR count). The zero-order valence-corrected chi connectivity index (χ0v) is 6.33. The standard InChI is InChI=1S/C6H13OS/c1-6(2)3-4-8-5-7/h6H,3-5H2,1-2H3. The lowest BCUT2D eigenvalue weighted by Crippen LogP contribution is -1.89. The van der Waals surface area contributed by atoms with Gasteiger partial charge in [-0.3, -0.25) is 0 Å². The van der Waals surface area contributed by atoms with Crippen LogP contribution in [0.3, 0.4) is 0 Å². The van der Waals surface area contributed by atoms with Gasteiger partial charge >= 0.3 is 0 Å². The largest absolute Gasteiger partial charge is 0.225 e. The quantitative estimate of drug-likeness (QED) is 0.425.